The van der Waals surface area contributed by atoms with Crippen LogP contribution >= 0.6 is 0 Å². The Hall–Kier alpha value is -2.74. The fraction of sp³-hybridized carbons (Fsp3) is 0.522. The van der Waals surface area contributed by atoms with E-state index in [9.17, 15) is 9.60 Å². The largest absolute Gasteiger partial charge is 0.409 e. The fourth-order valence-electron chi connectivity index (χ4n) is 5.08. The average molecular weight is 426 g/mol. The molecule has 7 nitrogen and oxygen atoms in total. The van der Waals surface area contributed by atoms with Gasteiger partial charge in [0, 0.05) is 48.1 Å². The Kier molecular flexibility index (Phi) is 5.48. The second-order valence-corrected chi connectivity index (χ2v) is 8.70. The number of aromatic nitrogens is 3. The lowest BCUT2D eigenvalue weighted by Gasteiger charge is -2.31. The highest BCUT2D eigenvalue weighted by molar-refractivity contribution is 5.79. The summed E-state index contributed by atoms with van der Waals surface area (Å²) in [6, 6.07) is 4.64. The minimum absolute atomic E-state index is 0.302. The van der Waals surface area contributed by atoms with Crippen LogP contribution < -0.4 is 5.49 Å². The summed E-state index contributed by atoms with van der Waals surface area (Å²) in [5, 5.41) is 18.5. The topological polar surface area (TPSA) is 79.7 Å². The number of aryl methyl sites for hydroxylation is 2. The highest BCUT2D eigenvalue weighted by Crippen LogP contribution is 2.32. The number of piperidine rings is 1. The second kappa shape index (κ2) is 8.42. The minimum Gasteiger partial charge on any atom is -0.409 e. The van der Waals surface area contributed by atoms with Crippen molar-refractivity contribution in [2.45, 2.75) is 57.9 Å². The van der Waals surface area contributed by atoms with Crippen molar-refractivity contribution in [3.8, 4) is 0 Å². The Labute approximate surface area is 180 Å². The van der Waals surface area contributed by atoms with E-state index in [1.54, 1.807) is 6.07 Å². The van der Waals surface area contributed by atoms with Gasteiger partial charge in [0.1, 0.15) is 11.6 Å². The maximum absolute atomic E-state index is 13.4. The van der Waals surface area contributed by atoms with Crippen LogP contribution in [0.5, 0.6) is 0 Å². The van der Waals surface area contributed by atoms with Gasteiger partial charge in [0.25, 0.3) is 0 Å². The first kappa shape index (κ1) is 20.2. The molecular weight excluding hydrogens is 397 g/mol. The van der Waals surface area contributed by atoms with Crippen LogP contribution in [0.1, 0.15) is 54.4 Å². The van der Waals surface area contributed by atoms with Crippen LogP contribution in [-0.4, -0.2) is 44.4 Å². The molecule has 0 saturated carbocycles. The maximum Gasteiger partial charge on any atom is 0.178 e. The molecule has 5 rings (SSSR count). The van der Waals surface area contributed by atoms with Gasteiger partial charge in [-0.1, -0.05) is 10.3 Å². The quantitative estimate of drug-likeness (QED) is 0.511. The first-order chi connectivity index (χ1) is 15.1. The third-order valence-corrected chi connectivity index (χ3v) is 6.81. The molecule has 8 heteroatoms. The third kappa shape index (κ3) is 3.84. The van der Waals surface area contributed by atoms with Gasteiger partial charge in [-0.2, -0.15) is 0 Å². The van der Waals surface area contributed by atoms with Crippen LogP contribution in [0.2, 0.25) is 0 Å². The summed E-state index contributed by atoms with van der Waals surface area (Å²) in [4.78, 5) is 7.24. The zero-order valence-electron chi connectivity index (χ0n) is 17.8. The van der Waals surface area contributed by atoms with Gasteiger partial charge in [0.2, 0.25) is 0 Å². The first-order valence-electron chi connectivity index (χ1n) is 11.2. The minimum atomic E-state index is -0.302. The Bertz CT molecular complexity index is 1160. The van der Waals surface area contributed by atoms with Crippen molar-refractivity contribution >= 4 is 11.0 Å². The summed E-state index contributed by atoms with van der Waals surface area (Å²) in [7, 11) is 0. The Morgan fingerprint density at radius 3 is 2.87 bits per heavy atom. The van der Waals surface area contributed by atoms with E-state index in [-0.39, 0.29) is 5.82 Å². The molecule has 0 bridgehead atoms. The normalized spacial score (nSPS) is 18.6. The monoisotopic (exact) mass is 425 g/mol. The van der Waals surface area contributed by atoms with E-state index in [2.05, 4.69) is 19.8 Å². The number of halogens is 1. The number of hydrogen-bond donors (Lipinski definition) is 1. The summed E-state index contributed by atoms with van der Waals surface area (Å²) >= 11 is 0. The van der Waals surface area contributed by atoms with E-state index >= 15 is 0 Å². The van der Waals surface area contributed by atoms with Crippen LogP contribution in [0.25, 0.3) is 11.0 Å². The van der Waals surface area contributed by atoms with Crippen molar-refractivity contribution in [1.82, 2.24) is 19.6 Å². The molecule has 2 aromatic heterocycles. The van der Waals surface area contributed by atoms with Gasteiger partial charge < -0.3 is 19.2 Å². The Morgan fingerprint density at radius 1 is 1.23 bits per heavy atom. The molecule has 1 N–H and O–H groups in total. The van der Waals surface area contributed by atoms with Crippen LogP contribution in [0.3, 0.4) is 0 Å². The molecule has 0 aliphatic carbocycles. The van der Waals surface area contributed by atoms with Gasteiger partial charge in [0.15, 0.2) is 11.1 Å². The van der Waals surface area contributed by atoms with Crippen molar-refractivity contribution in [2.24, 2.45) is 5.16 Å². The predicted molar refractivity (Wildman–Crippen MR) is 113 cm³/mol. The molecule has 0 amide bonds. The molecule has 1 aromatic carbocycles. The van der Waals surface area contributed by atoms with Crippen LogP contribution in [-0.2, 0) is 19.4 Å². The number of nitrogens with zero attached hydrogens (tertiary/aromatic N) is 5. The molecule has 0 radical (unpaired) electrons. The predicted octanol–water partition coefficient (Wildman–Crippen LogP) is 3.52. The first-order valence-corrected chi connectivity index (χ1v) is 11.2. The summed E-state index contributed by atoms with van der Waals surface area (Å²) in [5.41, 5.74) is 4.16. The number of fused-ring (bicyclic) bond motifs is 2. The Morgan fingerprint density at radius 2 is 2.06 bits per heavy atom. The third-order valence-electron chi connectivity index (χ3n) is 6.81. The van der Waals surface area contributed by atoms with Crippen molar-refractivity contribution in [3.05, 3.63) is 52.3 Å². The zero-order chi connectivity index (χ0) is 21.4. The summed E-state index contributed by atoms with van der Waals surface area (Å²) < 4.78 is 20.8. The van der Waals surface area contributed by atoms with E-state index in [1.807, 2.05) is 6.92 Å². The molecule has 0 unspecified atom stereocenters. The molecule has 3 aromatic rings. The Balaban J connectivity index is 1.25. The van der Waals surface area contributed by atoms with E-state index in [0.29, 0.717) is 17.0 Å². The molecule has 2 aliphatic rings. The molecule has 1 saturated heterocycles. The number of hydrogen-bond acceptors (Lipinski definition) is 6. The summed E-state index contributed by atoms with van der Waals surface area (Å²) in [5.74, 6) is 1.05. The highest BCUT2D eigenvalue weighted by Gasteiger charge is 2.25. The van der Waals surface area contributed by atoms with E-state index in [1.165, 1.54) is 12.1 Å². The standard InChI is InChI=1S/C23H28FN5O2/c1-15-18(23(26-30)29-10-3-2-4-21(29)25-15)9-13-28-11-7-16(8-12-28)22-19-6-5-17(24)14-20(19)31-27-22/h5-6,14,16,30H,2-4,7-13H2,1H3. The SMILES string of the molecule is Cc1nc2n(c(=NO)c1CCN1CCC(c3noc4cc(F)ccc34)CC1)CCCC2. The van der Waals surface area contributed by atoms with Gasteiger partial charge in [-0.3, -0.25) is 0 Å². The zero-order valence-corrected chi connectivity index (χ0v) is 17.8. The van der Waals surface area contributed by atoms with Gasteiger partial charge >= 0.3 is 0 Å². The maximum atomic E-state index is 13.4. The van der Waals surface area contributed by atoms with E-state index in [0.717, 1.165) is 92.9 Å². The molecular formula is C23H28FN5O2. The van der Waals surface area contributed by atoms with Crippen LogP contribution in [0.4, 0.5) is 4.39 Å². The van der Waals surface area contributed by atoms with Crippen molar-refractivity contribution in [2.75, 3.05) is 19.6 Å². The van der Waals surface area contributed by atoms with E-state index < -0.39 is 0 Å². The van der Waals surface area contributed by atoms with Crippen molar-refractivity contribution in [1.29, 1.82) is 0 Å². The van der Waals surface area contributed by atoms with Crippen molar-refractivity contribution < 1.29 is 14.1 Å². The summed E-state index contributed by atoms with van der Waals surface area (Å²) in [6.45, 7) is 5.73. The van der Waals surface area contributed by atoms with E-state index in [4.69, 9.17) is 9.51 Å². The van der Waals surface area contributed by atoms with Crippen molar-refractivity contribution in [3.63, 3.8) is 0 Å². The average Bonchev–Trinajstić information content (AvgIpc) is 3.20. The molecule has 0 spiro atoms. The molecule has 1 fully saturated rings. The molecule has 2 aliphatic heterocycles. The molecule has 4 heterocycles. The van der Waals surface area contributed by atoms with Gasteiger partial charge in [0.05, 0.1) is 5.69 Å². The smallest absolute Gasteiger partial charge is 0.178 e. The molecule has 31 heavy (non-hydrogen) atoms. The summed E-state index contributed by atoms with van der Waals surface area (Å²) in [6.07, 6.45) is 5.98. The number of rotatable bonds is 4. The lowest BCUT2D eigenvalue weighted by Crippen LogP contribution is -2.37. The number of benzene rings is 1. The van der Waals surface area contributed by atoms with Crippen LogP contribution in [0, 0.1) is 12.7 Å². The van der Waals surface area contributed by atoms with Gasteiger partial charge in [-0.05, 0) is 64.3 Å². The second-order valence-electron chi connectivity index (χ2n) is 8.70. The fourth-order valence-corrected chi connectivity index (χ4v) is 5.08. The lowest BCUT2D eigenvalue weighted by atomic mass is 9.91. The lowest BCUT2D eigenvalue weighted by molar-refractivity contribution is 0.210. The van der Waals surface area contributed by atoms with Gasteiger partial charge in [-0.15, -0.1) is 0 Å². The molecule has 0 atom stereocenters. The highest BCUT2D eigenvalue weighted by atomic mass is 19.1. The molecule has 164 valence electrons. The number of likely N-dealkylation sites (tertiary alicyclic amines) is 1. The van der Waals surface area contributed by atoms with Crippen LogP contribution in [0.15, 0.2) is 27.9 Å². The van der Waals surface area contributed by atoms with Gasteiger partial charge in [-0.25, -0.2) is 9.37 Å².